The minimum absolute atomic E-state index is 0.0481. The van der Waals surface area contributed by atoms with Crippen molar-refractivity contribution in [2.24, 2.45) is 5.92 Å². The molecular weight excluding hydrogens is 342 g/mol. The van der Waals surface area contributed by atoms with Crippen LogP contribution in [0.3, 0.4) is 0 Å². The number of hydrogen-bond acceptors (Lipinski definition) is 4. The highest BCUT2D eigenvalue weighted by Gasteiger charge is 2.40. The molecule has 0 bridgehead atoms. The molecule has 138 valence electrons. The van der Waals surface area contributed by atoms with Crippen LogP contribution in [0.5, 0.6) is 0 Å². The maximum Gasteiger partial charge on any atom is 0.337 e. The highest BCUT2D eigenvalue weighted by Crippen LogP contribution is 2.51. The Hall–Kier alpha value is -3.08. The van der Waals surface area contributed by atoms with Crippen LogP contribution in [0.4, 0.5) is 5.69 Å². The van der Waals surface area contributed by atoms with Crippen molar-refractivity contribution in [2.75, 3.05) is 12.4 Å². The van der Waals surface area contributed by atoms with Gasteiger partial charge in [-0.25, -0.2) is 9.59 Å². The van der Waals surface area contributed by atoms with Gasteiger partial charge in [-0.1, -0.05) is 30.4 Å². The third-order valence-electron chi connectivity index (χ3n) is 5.65. The molecule has 2 aromatic rings. The molecule has 0 unspecified atom stereocenters. The fraction of sp³-hybridized carbons (Fsp3) is 0.273. The predicted octanol–water partition coefficient (Wildman–Crippen LogP) is 4.31. The summed E-state index contributed by atoms with van der Waals surface area (Å²) in [4.78, 5) is 23.4. The molecule has 5 nitrogen and oxygen atoms in total. The normalized spacial score (nSPS) is 22.5. The summed E-state index contributed by atoms with van der Waals surface area (Å²) in [5.74, 6) is -0.947. The molecule has 5 heteroatoms. The molecule has 0 radical (unpaired) electrons. The molecule has 1 aliphatic heterocycles. The molecule has 0 amide bonds. The number of nitrogens with one attached hydrogen (secondary N) is 1. The van der Waals surface area contributed by atoms with Crippen molar-refractivity contribution < 1.29 is 19.4 Å². The van der Waals surface area contributed by atoms with Gasteiger partial charge in [0.15, 0.2) is 0 Å². The lowest BCUT2D eigenvalue weighted by molar-refractivity contribution is 0.0599. The SMILES string of the molecule is COC(=O)c1ccc([C@@H]2Nc3c(C)ccc(C(=O)O)c3[C@@H]3C=CC[C@H]32)cc1. The third kappa shape index (κ3) is 2.79. The van der Waals surface area contributed by atoms with E-state index in [1.807, 2.05) is 25.1 Å². The average molecular weight is 363 g/mol. The molecule has 0 saturated heterocycles. The van der Waals surface area contributed by atoms with E-state index in [0.717, 1.165) is 28.8 Å². The summed E-state index contributed by atoms with van der Waals surface area (Å²) >= 11 is 0. The van der Waals surface area contributed by atoms with E-state index in [0.29, 0.717) is 11.1 Å². The number of methoxy groups -OCH3 is 1. The number of benzene rings is 2. The second kappa shape index (κ2) is 6.58. The Balaban J connectivity index is 1.77. The Morgan fingerprint density at radius 3 is 2.56 bits per heavy atom. The minimum atomic E-state index is -0.895. The largest absolute Gasteiger partial charge is 0.478 e. The second-order valence-corrected chi connectivity index (χ2v) is 7.11. The minimum Gasteiger partial charge on any atom is -0.478 e. The maximum atomic E-state index is 11.8. The molecule has 2 aliphatic rings. The number of ether oxygens (including phenoxy) is 1. The second-order valence-electron chi connectivity index (χ2n) is 7.11. The lowest BCUT2D eigenvalue weighted by Gasteiger charge is -2.39. The zero-order valence-electron chi connectivity index (χ0n) is 15.2. The Kier molecular flexibility index (Phi) is 4.22. The molecule has 0 fully saturated rings. The number of carbonyl (C=O) groups excluding carboxylic acids is 1. The monoisotopic (exact) mass is 363 g/mol. The van der Waals surface area contributed by atoms with Crippen LogP contribution in [-0.4, -0.2) is 24.2 Å². The van der Waals surface area contributed by atoms with Crippen LogP contribution in [0.2, 0.25) is 0 Å². The number of esters is 1. The van der Waals surface area contributed by atoms with Gasteiger partial charge in [-0.15, -0.1) is 0 Å². The van der Waals surface area contributed by atoms with Crippen LogP contribution in [-0.2, 0) is 4.74 Å². The number of anilines is 1. The van der Waals surface area contributed by atoms with E-state index >= 15 is 0 Å². The van der Waals surface area contributed by atoms with Crippen LogP contribution >= 0.6 is 0 Å². The van der Waals surface area contributed by atoms with E-state index < -0.39 is 5.97 Å². The first-order chi connectivity index (χ1) is 13.0. The molecule has 2 aromatic carbocycles. The molecule has 1 heterocycles. The number of fused-ring (bicyclic) bond motifs is 3. The van der Waals surface area contributed by atoms with E-state index in [1.165, 1.54) is 7.11 Å². The summed E-state index contributed by atoms with van der Waals surface area (Å²) in [7, 11) is 1.37. The van der Waals surface area contributed by atoms with Crippen molar-refractivity contribution in [3.8, 4) is 0 Å². The number of hydrogen-bond donors (Lipinski definition) is 2. The van der Waals surface area contributed by atoms with Gasteiger partial charge in [-0.3, -0.25) is 0 Å². The van der Waals surface area contributed by atoms with Crippen LogP contribution in [0, 0.1) is 12.8 Å². The van der Waals surface area contributed by atoms with Crippen LogP contribution in [0.1, 0.15) is 55.8 Å². The first-order valence-corrected chi connectivity index (χ1v) is 8.99. The average Bonchev–Trinajstić information content (AvgIpc) is 3.17. The quantitative estimate of drug-likeness (QED) is 0.628. The molecule has 3 atom stereocenters. The summed E-state index contributed by atoms with van der Waals surface area (Å²) < 4.78 is 4.77. The number of carbonyl (C=O) groups is 2. The standard InChI is InChI=1S/C22H21NO4/c1-12-6-11-17(21(24)25)18-15-4-3-5-16(15)20(23-19(12)18)13-7-9-14(10-8-13)22(26)27-2/h3-4,6-11,15-16,20,23H,5H2,1-2H3,(H,24,25)/t15-,16-,20+/m1/s1. The molecule has 27 heavy (non-hydrogen) atoms. The van der Waals surface area contributed by atoms with Gasteiger partial charge in [0.05, 0.1) is 24.3 Å². The number of aromatic carboxylic acids is 1. The van der Waals surface area contributed by atoms with Crippen LogP contribution in [0.25, 0.3) is 0 Å². The van der Waals surface area contributed by atoms with Gasteiger partial charge in [0.2, 0.25) is 0 Å². The summed E-state index contributed by atoms with van der Waals surface area (Å²) in [5.41, 5.74) is 4.78. The molecule has 2 N–H and O–H groups in total. The van der Waals surface area contributed by atoms with Crippen molar-refractivity contribution in [1.82, 2.24) is 0 Å². The van der Waals surface area contributed by atoms with Crippen LogP contribution < -0.4 is 5.32 Å². The Morgan fingerprint density at radius 1 is 1.15 bits per heavy atom. The van der Waals surface area contributed by atoms with Crippen molar-refractivity contribution in [3.05, 3.63) is 76.4 Å². The van der Waals surface area contributed by atoms with Crippen molar-refractivity contribution in [2.45, 2.75) is 25.3 Å². The third-order valence-corrected chi connectivity index (χ3v) is 5.65. The van der Waals surface area contributed by atoms with Gasteiger partial charge in [-0.05, 0) is 54.2 Å². The zero-order valence-corrected chi connectivity index (χ0v) is 15.2. The van der Waals surface area contributed by atoms with Gasteiger partial charge in [0.1, 0.15) is 0 Å². The number of aryl methyl sites for hydroxylation is 1. The Labute approximate surface area is 157 Å². The van der Waals surface area contributed by atoms with Crippen molar-refractivity contribution in [1.29, 1.82) is 0 Å². The summed E-state index contributed by atoms with van der Waals surface area (Å²) in [6.45, 7) is 1.99. The molecule has 1 aliphatic carbocycles. The lowest BCUT2D eigenvalue weighted by atomic mass is 9.74. The first-order valence-electron chi connectivity index (χ1n) is 8.99. The van der Waals surface area contributed by atoms with E-state index in [1.54, 1.807) is 18.2 Å². The Bertz CT molecular complexity index is 946. The molecule has 4 rings (SSSR count). The van der Waals surface area contributed by atoms with Gasteiger partial charge in [0.25, 0.3) is 0 Å². The highest BCUT2D eigenvalue weighted by molar-refractivity contribution is 5.93. The first kappa shape index (κ1) is 17.3. The number of carboxylic acid groups (broad SMARTS) is 1. The smallest absolute Gasteiger partial charge is 0.337 e. The van der Waals surface area contributed by atoms with Gasteiger partial charge < -0.3 is 15.2 Å². The maximum absolute atomic E-state index is 11.8. The molecular formula is C22H21NO4. The number of allylic oxidation sites excluding steroid dienone is 2. The predicted molar refractivity (Wildman–Crippen MR) is 102 cm³/mol. The van der Waals surface area contributed by atoms with E-state index in [-0.39, 0.29) is 23.8 Å². The zero-order chi connectivity index (χ0) is 19.1. The number of rotatable bonds is 3. The van der Waals surface area contributed by atoms with E-state index in [2.05, 4.69) is 17.5 Å². The number of carboxylic acids is 1. The summed E-state index contributed by atoms with van der Waals surface area (Å²) in [5, 5.41) is 13.2. The van der Waals surface area contributed by atoms with E-state index in [4.69, 9.17) is 4.74 Å². The fourth-order valence-corrected chi connectivity index (χ4v) is 4.32. The van der Waals surface area contributed by atoms with Crippen molar-refractivity contribution in [3.63, 3.8) is 0 Å². The lowest BCUT2D eigenvalue weighted by Crippen LogP contribution is -2.31. The van der Waals surface area contributed by atoms with Crippen LogP contribution in [0.15, 0.2) is 48.6 Å². The summed E-state index contributed by atoms with van der Waals surface area (Å²) in [6, 6.07) is 11.0. The van der Waals surface area contributed by atoms with E-state index in [9.17, 15) is 14.7 Å². The molecule has 0 saturated carbocycles. The van der Waals surface area contributed by atoms with Crippen molar-refractivity contribution >= 4 is 17.6 Å². The molecule has 0 aromatic heterocycles. The highest BCUT2D eigenvalue weighted by atomic mass is 16.5. The topological polar surface area (TPSA) is 75.6 Å². The van der Waals surface area contributed by atoms with Gasteiger partial charge in [-0.2, -0.15) is 0 Å². The van der Waals surface area contributed by atoms with Gasteiger partial charge in [0, 0.05) is 11.6 Å². The Morgan fingerprint density at radius 2 is 1.89 bits per heavy atom. The van der Waals surface area contributed by atoms with Gasteiger partial charge >= 0.3 is 11.9 Å². The summed E-state index contributed by atoms with van der Waals surface area (Å²) in [6.07, 6.45) is 5.15. The molecule has 0 spiro atoms. The fourth-order valence-electron chi connectivity index (χ4n) is 4.32.